The molecular weight excluding hydrogens is 240 g/mol. The van der Waals surface area contributed by atoms with Gasteiger partial charge in [-0.2, -0.15) is 5.10 Å². The van der Waals surface area contributed by atoms with Gasteiger partial charge in [-0.15, -0.1) is 0 Å². The fourth-order valence-electron chi connectivity index (χ4n) is 1.19. The van der Waals surface area contributed by atoms with E-state index in [9.17, 15) is 13.6 Å². The van der Waals surface area contributed by atoms with Crippen LogP contribution in [0.1, 0.15) is 22.5 Å². The summed E-state index contributed by atoms with van der Waals surface area (Å²) >= 11 is 5.77. The van der Waals surface area contributed by atoms with Crippen molar-refractivity contribution in [1.82, 2.24) is 14.7 Å². The van der Waals surface area contributed by atoms with E-state index in [1.54, 1.807) is 0 Å². The fraction of sp³-hybridized carbons (Fsp3) is 0.556. The molecule has 16 heavy (non-hydrogen) atoms. The van der Waals surface area contributed by atoms with Crippen molar-refractivity contribution in [3.8, 4) is 0 Å². The van der Waals surface area contributed by atoms with Gasteiger partial charge in [0.2, 0.25) is 0 Å². The molecule has 0 amide bonds. The highest BCUT2D eigenvalue weighted by atomic mass is 35.5. The Morgan fingerprint density at radius 3 is 2.56 bits per heavy atom. The first kappa shape index (κ1) is 13.1. The van der Waals surface area contributed by atoms with Crippen LogP contribution >= 0.6 is 11.6 Å². The molecule has 0 atom stereocenters. The average Bonchev–Trinajstić information content (AvgIpc) is 2.52. The summed E-state index contributed by atoms with van der Waals surface area (Å²) < 4.78 is 26.2. The topological polar surface area (TPSA) is 38.1 Å². The number of carbonyl (C=O) groups is 1. The molecule has 7 heteroatoms. The molecule has 1 aromatic heterocycles. The molecule has 0 saturated heterocycles. The van der Waals surface area contributed by atoms with Crippen LogP contribution in [0.5, 0.6) is 0 Å². The molecule has 0 aliphatic carbocycles. The summed E-state index contributed by atoms with van der Waals surface area (Å²) in [6, 6.07) is 0. The summed E-state index contributed by atoms with van der Waals surface area (Å²) in [6.45, 7) is 0.960. The molecule has 0 N–H and O–H groups in total. The van der Waals surface area contributed by atoms with Gasteiger partial charge in [-0.1, -0.05) is 11.6 Å². The molecule has 4 nitrogen and oxygen atoms in total. The zero-order valence-electron chi connectivity index (χ0n) is 8.95. The van der Waals surface area contributed by atoms with Crippen molar-refractivity contribution in [1.29, 1.82) is 0 Å². The Morgan fingerprint density at radius 1 is 1.56 bits per heavy atom. The number of alkyl halides is 2. The molecule has 1 rings (SSSR count). The Hall–Kier alpha value is -1.01. The van der Waals surface area contributed by atoms with Gasteiger partial charge in [0.05, 0.1) is 12.1 Å². The van der Waals surface area contributed by atoms with Crippen LogP contribution in [0.3, 0.4) is 0 Å². The monoisotopic (exact) mass is 251 g/mol. The summed E-state index contributed by atoms with van der Waals surface area (Å²) in [7, 11) is 3.68. The van der Waals surface area contributed by atoms with Gasteiger partial charge in [-0.25, -0.2) is 8.78 Å². The minimum atomic E-state index is -2.79. The zero-order valence-corrected chi connectivity index (χ0v) is 9.71. The average molecular weight is 252 g/mol. The van der Waals surface area contributed by atoms with Crippen molar-refractivity contribution in [2.75, 3.05) is 20.6 Å². The first-order chi connectivity index (χ1) is 7.47. The predicted octanol–water partition coefficient (Wildman–Crippen LogP) is 1.85. The highest BCUT2D eigenvalue weighted by Crippen LogP contribution is 2.26. The smallest absolute Gasteiger partial charge is 0.282 e. The lowest BCUT2D eigenvalue weighted by atomic mass is 10.3. The molecule has 0 aliphatic heterocycles. The highest BCUT2D eigenvalue weighted by Gasteiger charge is 2.22. The molecule has 0 radical (unpaired) electrons. The number of aldehydes is 1. The number of hydrogen-bond acceptors (Lipinski definition) is 3. The van der Waals surface area contributed by atoms with Crippen LogP contribution in [0.4, 0.5) is 8.78 Å². The summed E-state index contributed by atoms with van der Waals surface area (Å²) in [5, 5.41) is 3.59. The number of nitrogens with zero attached hydrogens (tertiary/aromatic N) is 3. The van der Waals surface area contributed by atoms with Crippen LogP contribution in [0.15, 0.2) is 0 Å². The van der Waals surface area contributed by atoms with Crippen molar-refractivity contribution in [3.05, 3.63) is 16.4 Å². The maximum Gasteiger partial charge on any atom is 0.282 e. The van der Waals surface area contributed by atoms with E-state index in [2.05, 4.69) is 5.10 Å². The zero-order chi connectivity index (χ0) is 12.3. The van der Waals surface area contributed by atoms with Gasteiger partial charge in [-0.05, 0) is 14.1 Å². The third-order valence-electron chi connectivity index (χ3n) is 2.04. The van der Waals surface area contributed by atoms with E-state index >= 15 is 0 Å². The van der Waals surface area contributed by atoms with E-state index in [0.717, 1.165) is 0 Å². The van der Waals surface area contributed by atoms with E-state index in [1.807, 2.05) is 19.0 Å². The maximum atomic E-state index is 12.5. The summed E-state index contributed by atoms with van der Waals surface area (Å²) in [4.78, 5) is 12.5. The maximum absolute atomic E-state index is 12.5. The number of rotatable bonds is 5. The van der Waals surface area contributed by atoms with Crippen molar-refractivity contribution in [2.45, 2.75) is 13.0 Å². The summed E-state index contributed by atoms with van der Waals surface area (Å²) in [5.74, 6) is 0. The standard InChI is InChI=1S/C9H12ClF2N3O/c1-14(2)3-4-15-8(10)6(5-16)7(13-15)9(11)12/h5,9H,3-4H2,1-2H3. The molecule has 0 bridgehead atoms. The van der Waals surface area contributed by atoms with Gasteiger partial charge in [0, 0.05) is 6.54 Å². The van der Waals surface area contributed by atoms with Crippen LogP contribution < -0.4 is 0 Å². The Morgan fingerprint density at radius 2 is 2.19 bits per heavy atom. The van der Waals surface area contributed by atoms with Crippen LogP contribution in [-0.2, 0) is 6.54 Å². The van der Waals surface area contributed by atoms with E-state index in [-0.39, 0.29) is 10.7 Å². The second kappa shape index (κ2) is 5.36. The highest BCUT2D eigenvalue weighted by molar-refractivity contribution is 6.32. The van der Waals surface area contributed by atoms with Crippen molar-refractivity contribution in [2.24, 2.45) is 0 Å². The third-order valence-corrected chi connectivity index (χ3v) is 2.44. The van der Waals surface area contributed by atoms with Crippen LogP contribution in [0.25, 0.3) is 0 Å². The summed E-state index contributed by atoms with van der Waals surface area (Å²) in [6.07, 6.45) is -2.48. The fourth-order valence-corrected chi connectivity index (χ4v) is 1.45. The number of carbonyl (C=O) groups excluding carboxylic acids is 1. The van der Waals surface area contributed by atoms with E-state index in [0.29, 0.717) is 19.4 Å². The second-order valence-corrected chi connectivity index (χ2v) is 3.89. The number of hydrogen-bond donors (Lipinski definition) is 0. The lowest BCUT2D eigenvalue weighted by Crippen LogP contribution is -2.19. The van der Waals surface area contributed by atoms with Crippen LogP contribution in [-0.4, -0.2) is 41.6 Å². The Kier molecular flexibility index (Phi) is 4.37. The largest absolute Gasteiger partial charge is 0.308 e. The van der Waals surface area contributed by atoms with E-state index in [1.165, 1.54) is 4.68 Å². The molecule has 0 fully saturated rings. The van der Waals surface area contributed by atoms with Gasteiger partial charge in [0.25, 0.3) is 6.43 Å². The summed E-state index contributed by atoms with van der Waals surface area (Å²) in [5.41, 5.74) is -0.783. The van der Waals surface area contributed by atoms with E-state index in [4.69, 9.17) is 11.6 Å². The predicted molar refractivity (Wildman–Crippen MR) is 56.1 cm³/mol. The first-order valence-electron chi connectivity index (χ1n) is 4.61. The van der Waals surface area contributed by atoms with Crippen LogP contribution in [0, 0.1) is 0 Å². The number of aromatic nitrogens is 2. The van der Waals surface area contributed by atoms with Gasteiger partial charge < -0.3 is 4.90 Å². The quantitative estimate of drug-likeness (QED) is 0.750. The molecule has 1 aromatic rings. The van der Waals surface area contributed by atoms with Gasteiger partial charge in [0.15, 0.2) is 6.29 Å². The van der Waals surface area contributed by atoms with Gasteiger partial charge in [0.1, 0.15) is 10.8 Å². The van der Waals surface area contributed by atoms with Crippen LogP contribution in [0.2, 0.25) is 5.15 Å². The Bertz CT molecular complexity index is 379. The van der Waals surface area contributed by atoms with Gasteiger partial charge in [-0.3, -0.25) is 9.48 Å². The molecule has 90 valence electrons. The van der Waals surface area contributed by atoms with Crippen molar-refractivity contribution < 1.29 is 13.6 Å². The molecule has 0 aliphatic rings. The molecule has 0 saturated carbocycles. The first-order valence-corrected chi connectivity index (χ1v) is 4.99. The molecule has 0 spiro atoms. The molecule has 0 unspecified atom stereocenters. The van der Waals surface area contributed by atoms with E-state index < -0.39 is 12.1 Å². The normalized spacial score (nSPS) is 11.4. The molecule has 1 heterocycles. The van der Waals surface area contributed by atoms with Gasteiger partial charge >= 0.3 is 0 Å². The Labute approximate surface area is 96.8 Å². The minimum Gasteiger partial charge on any atom is -0.308 e. The third kappa shape index (κ3) is 2.76. The Balaban J connectivity index is 2.98. The number of likely N-dealkylation sites (N-methyl/N-ethyl adjacent to an activating group) is 1. The molecule has 0 aromatic carbocycles. The number of halogens is 3. The SMILES string of the molecule is CN(C)CCn1nc(C(F)F)c(C=O)c1Cl. The van der Waals surface area contributed by atoms with Crippen molar-refractivity contribution in [3.63, 3.8) is 0 Å². The lowest BCUT2D eigenvalue weighted by molar-refractivity contribution is 0.110. The lowest BCUT2D eigenvalue weighted by Gasteiger charge is -2.09. The minimum absolute atomic E-state index is 0.0350. The second-order valence-electron chi connectivity index (χ2n) is 3.53. The van der Waals surface area contributed by atoms with Crippen molar-refractivity contribution >= 4 is 17.9 Å². The molecular formula is C9H12ClF2N3O.